The van der Waals surface area contributed by atoms with Gasteiger partial charge in [-0.2, -0.15) is 0 Å². The summed E-state index contributed by atoms with van der Waals surface area (Å²) in [6, 6.07) is 6.95. The molecule has 1 aromatic rings. The zero-order chi connectivity index (χ0) is 11.6. The van der Waals surface area contributed by atoms with Gasteiger partial charge in [-0.25, -0.2) is 8.42 Å². The summed E-state index contributed by atoms with van der Waals surface area (Å²) in [5, 5.41) is -0.141. The average Bonchev–Trinajstić information content (AvgIpc) is 3.11. The van der Waals surface area contributed by atoms with Crippen LogP contribution in [0, 0.1) is 0 Å². The van der Waals surface area contributed by atoms with Crippen molar-refractivity contribution in [1.29, 1.82) is 0 Å². The summed E-state index contributed by atoms with van der Waals surface area (Å²) in [7, 11) is -3.05. The number of hydrogen-bond donors (Lipinski definition) is 1. The summed E-state index contributed by atoms with van der Waals surface area (Å²) >= 11 is 0. The molecule has 1 saturated carbocycles. The molecule has 0 saturated heterocycles. The Labute approximate surface area is 95.9 Å². The Morgan fingerprint density at radius 2 is 1.88 bits per heavy atom. The van der Waals surface area contributed by atoms with Crippen molar-refractivity contribution in [2.45, 2.75) is 23.0 Å². The summed E-state index contributed by atoms with van der Waals surface area (Å²) in [4.78, 5) is 0.430. The quantitative estimate of drug-likeness (QED) is 0.865. The van der Waals surface area contributed by atoms with Crippen LogP contribution in [-0.4, -0.2) is 20.2 Å². The molecule has 1 aliphatic carbocycles. The second-order valence-electron chi connectivity index (χ2n) is 3.95. The van der Waals surface area contributed by atoms with E-state index in [2.05, 4.69) is 0 Å². The first-order chi connectivity index (χ1) is 7.64. The van der Waals surface area contributed by atoms with E-state index in [1.807, 2.05) is 12.2 Å². The van der Waals surface area contributed by atoms with E-state index in [1.165, 1.54) is 0 Å². The molecule has 2 rings (SSSR count). The largest absolute Gasteiger partial charge is 0.327 e. The van der Waals surface area contributed by atoms with Crippen molar-refractivity contribution in [3.05, 3.63) is 35.9 Å². The first-order valence-electron chi connectivity index (χ1n) is 5.35. The molecule has 0 unspecified atom stereocenters. The highest BCUT2D eigenvalue weighted by molar-refractivity contribution is 7.92. The van der Waals surface area contributed by atoms with Gasteiger partial charge < -0.3 is 5.73 Å². The molecule has 0 aromatic heterocycles. The third-order valence-electron chi connectivity index (χ3n) is 2.62. The Morgan fingerprint density at radius 3 is 2.38 bits per heavy atom. The van der Waals surface area contributed by atoms with E-state index in [9.17, 15) is 8.42 Å². The third-order valence-corrected chi connectivity index (χ3v) is 4.90. The Bertz CT molecular complexity index is 484. The van der Waals surface area contributed by atoms with Gasteiger partial charge in [0.15, 0.2) is 9.84 Å². The molecule has 0 bridgehead atoms. The van der Waals surface area contributed by atoms with Crippen LogP contribution in [0.25, 0.3) is 6.08 Å². The van der Waals surface area contributed by atoms with Gasteiger partial charge in [0, 0.05) is 6.54 Å². The molecule has 0 atom stereocenters. The summed E-state index contributed by atoms with van der Waals surface area (Å²) in [5.41, 5.74) is 6.31. The van der Waals surface area contributed by atoms with Gasteiger partial charge in [-0.05, 0) is 30.5 Å². The minimum absolute atomic E-state index is 0.141. The van der Waals surface area contributed by atoms with Gasteiger partial charge in [0.05, 0.1) is 10.1 Å². The molecule has 2 N–H and O–H groups in total. The lowest BCUT2D eigenvalue weighted by atomic mass is 10.2. The van der Waals surface area contributed by atoms with Crippen molar-refractivity contribution in [2.75, 3.05) is 6.54 Å². The standard InChI is InChI=1S/C12H15NO2S/c13-9-1-2-10-3-5-11(6-4-10)16(14,15)12-7-8-12/h1-6,12H,7-9,13H2/b2-1+. The van der Waals surface area contributed by atoms with Gasteiger partial charge in [0.2, 0.25) is 0 Å². The SMILES string of the molecule is NC/C=C/c1ccc(S(=O)(=O)C2CC2)cc1. The molecule has 1 aliphatic rings. The lowest BCUT2D eigenvalue weighted by Crippen LogP contribution is -2.06. The van der Waals surface area contributed by atoms with Crippen molar-refractivity contribution in [1.82, 2.24) is 0 Å². The van der Waals surface area contributed by atoms with Crippen molar-refractivity contribution in [3.63, 3.8) is 0 Å². The minimum atomic E-state index is -3.05. The molecule has 0 radical (unpaired) electrons. The molecule has 1 aromatic carbocycles. The van der Waals surface area contributed by atoms with Crippen molar-refractivity contribution in [2.24, 2.45) is 5.73 Å². The van der Waals surface area contributed by atoms with Crippen LogP contribution in [0.2, 0.25) is 0 Å². The molecule has 16 heavy (non-hydrogen) atoms. The van der Waals surface area contributed by atoms with E-state index >= 15 is 0 Å². The Morgan fingerprint density at radius 1 is 1.25 bits per heavy atom. The fourth-order valence-electron chi connectivity index (χ4n) is 1.54. The molecule has 0 heterocycles. The maximum Gasteiger partial charge on any atom is 0.181 e. The van der Waals surface area contributed by atoms with E-state index in [4.69, 9.17) is 5.73 Å². The molecule has 86 valence electrons. The van der Waals surface area contributed by atoms with Gasteiger partial charge in [0.1, 0.15) is 0 Å². The third kappa shape index (κ3) is 2.33. The monoisotopic (exact) mass is 237 g/mol. The minimum Gasteiger partial charge on any atom is -0.327 e. The predicted molar refractivity (Wildman–Crippen MR) is 64.7 cm³/mol. The number of hydrogen-bond acceptors (Lipinski definition) is 3. The Kier molecular flexibility index (Phi) is 3.12. The van der Waals surface area contributed by atoms with E-state index in [0.717, 1.165) is 18.4 Å². The van der Waals surface area contributed by atoms with Gasteiger partial charge in [-0.3, -0.25) is 0 Å². The number of benzene rings is 1. The van der Waals surface area contributed by atoms with Crippen LogP contribution >= 0.6 is 0 Å². The van der Waals surface area contributed by atoms with Gasteiger partial charge in [-0.15, -0.1) is 0 Å². The summed E-state index contributed by atoms with van der Waals surface area (Å²) in [6.07, 6.45) is 5.33. The maximum absolute atomic E-state index is 11.9. The summed E-state index contributed by atoms with van der Waals surface area (Å²) in [5.74, 6) is 0. The highest BCUT2D eigenvalue weighted by Gasteiger charge is 2.36. The van der Waals surface area contributed by atoms with Crippen LogP contribution in [0.1, 0.15) is 18.4 Å². The predicted octanol–water partition coefficient (Wildman–Crippen LogP) is 1.59. The van der Waals surface area contributed by atoms with Crippen LogP contribution in [0.5, 0.6) is 0 Å². The lowest BCUT2D eigenvalue weighted by Gasteiger charge is -2.02. The lowest BCUT2D eigenvalue weighted by molar-refractivity contribution is 0.595. The fourth-order valence-corrected chi connectivity index (χ4v) is 3.20. The van der Waals surface area contributed by atoms with Crippen molar-refractivity contribution >= 4 is 15.9 Å². The second kappa shape index (κ2) is 4.39. The maximum atomic E-state index is 11.9. The Balaban J connectivity index is 2.22. The summed E-state index contributed by atoms with van der Waals surface area (Å²) in [6.45, 7) is 0.488. The molecule has 1 fully saturated rings. The van der Waals surface area contributed by atoms with E-state index < -0.39 is 9.84 Å². The normalized spacial score (nSPS) is 16.8. The number of nitrogens with two attached hydrogens (primary N) is 1. The van der Waals surface area contributed by atoms with E-state index in [-0.39, 0.29) is 5.25 Å². The molecule has 0 spiro atoms. The van der Waals surface area contributed by atoms with Crippen LogP contribution < -0.4 is 5.73 Å². The van der Waals surface area contributed by atoms with Crippen molar-refractivity contribution in [3.8, 4) is 0 Å². The number of rotatable bonds is 4. The smallest absolute Gasteiger partial charge is 0.181 e. The van der Waals surface area contributed by atoms with Crippen LogP contribution in [0.4, 0.5) is 0 Å². The average molecular weight is 237 g/mol. The topological polar surface area (TPSA) is 60.2 Å². The molecular formula is C12H15NO2S. The fraction of sp³-hybridized carbons (Fsp3) is 0.333. The first kappa shape index (κ1) is 11.4. The van der Waals surface area contributed by atoms with E-state index in [1.54, 1.807) is 24.3 Å². The van der Waals surface area contributed by atoms with Gasteiger partial charge in [0.25, 0.3) is 0 Å². The number of sulfone groups is 1. The Hall–Kier alpha value is -1.13. The molecular weight excluding hydrogens is 222 g/mol. The highest BCUT2D eigenvalue weighted by Crippen LogP contribution is 2.33. The summed E-state index contributed by atoms with van der Waals surface area (Å²) < 4.78 is 23.8. The first-order valence-corrected chi connectivity index (χ1v) is 6.90. The molecule has 0 amide bonds. The van der Waals surface area contributed by atoms with Crippen LogP contribution in [0.3, 0.4) is 0 Å². The zero-order valence-corrected chi connectivity index (χ0v) is 9.78. The highest BCUT2D eigenvalue weighted by atomic mass is 32.2. The van der Waals surface area contributed by atoms with Crippen molar-refractivity contribution < 1.29 is 8.42 Å². The van der Waals surface area contributed by atoms with E-state index in [0.29, 0.717) is 11.4 Å². The van der Waals surface area contributed by atoms with Gasteiger partial charge >= 0.3 is 0 Å². The van der Waals surface area contributed by atoms with Crippen LogP contribution in [0.15, 0.2) is 35.2 Å². The molecule has 3 nitrogen and oxygen atoms in total. The van der Waals surface area contributed by atoms with Gasteiger partial charge in [-0.1, -0.05) is 24.3 Å². The molecule has 0 aliphatic heterocycles. The second-order valence-corrected chi connectivity index (χ2v) is 6.18. The van der Waals surface area contributed by atoms with Crippen LogP contribution in [-0.2, 0) is 9.84 Å². The zero-order valence-electron chi connectivity index (χ0n) is 8.96. The molecule has 4 heteroatoms.